The minimum atomic E-state index is 0.0621. The molecular formula is C20H28N6O. The van der Waals surface area contributed by atoms with E-state index in [0.717, 1.165) is 63.9 Å². The molecule has 144 valence electrons. The number of anilines is 1. The first-order valence-electron chi connectivity index (χ1n) is 9.55. The minimum absolute atomic E-state index is 0.0621. The fraction of sp³-hybridized carbons (Fsp3) is 0.450. The van der Waals surface area contributed by atoms with Gasteiger partial charge >= 0.3 is 0 Å². The number of piperazine rings is 1. The summed E-state index contributed by atoms with van der Waals surface area (Å²) in [4.78, 5) is 25.1. The number of hydrogen-bond acceptors (Lipinski definition) is 4. The van der Waals surface area contributed by atoms with E-state index < -0.39 is 0 Å². The third kappa shape index (κ3) is 5.32. The maximum atomic E-state index is 11.7. The molecule has 27 heavy (non-hydrogen) atoms. The number of aromatic nitrogens is 2. The topological polar surface area (TPSA) is 65.8 Å². The summed E-state index contributed by atoms with van der Waals surface area (Å²) >= 11 is 0. The molecule has 2 aromatic rings. The van der Waals surface area contributed by atoms with E-state index in [4.69, 9.17) is 0 Å². The Morgan fingerprint density at radius 1 is 1.11 bits per heavy atom. The smallest absolute Gasteiger partial charge is 0.250 e. The Hall–Kier alpha value is -2.83. The molecule has 0 aromatic carbocycles. The van der Waals surface area contributed by atoms with Gasteiger partial charge in [-0.3, -0.25) is 9.79 Å². The number of pyridine rings is 2. The highest BCUT2D eigenvalue weighted by molar-refractivity contribution is 5.80. The third-order valence-corrected chi connectivity index (χ3v) is 4.77. The zero-order valence-electron chi connectivity index (χ0n) is 15.9. The SMILES string of the molecule is CN=C(NCCCCn1ccccc1=O)N1CCN(c2ccccn2)CC1. The first-order chi connectivity index (χ1) is 13.3. The van der Waals surface area contributed by atoms with Gasteiger partial charge < -0.3 is 19.7 Å². The van der Waals surface area contributed by atoms with Gasteiger partial charge in [0.25, 0.3) is 0 Å². The van der Waals surface area contributed by atoms with E-state index in [1.54, 1.807) is 16.7 Å². The number of hydrogen-bond donors (Lipinski definition) is 1. The van der Waals surface area contributed by atoms with Crippen LogP contribution in [0.3, 0.4) is 0 Å². The summed E-state index contributed by atoms with van der Waals surface area (Å²) in [5.41, 5.74) is 0.0621. The van der Waals surface area contributed by atoms with E-state index in [1.807, 2.05) is 37.6 Å². The second-order valence-corrected chi connectivity index (χ2v) is 6.58. The molecule has 7 nitrogen and oxygen atoms in total. The van der Waals surface area contributed by atoms with Crippen molar-refractivity contribution in [3.63, 3.8) is 0 Å². The summed E-state index contributed by atoms with van der Waals surface area (Å²) in [7, 11) is 1.83. The number of aryl methyl sites for hydroxylation is 1. The van der Waals surface area contributed by atoms with Crippen LogP contribution in [0.5, 0.6) is 0 Å². The monoisotopic (exact) mass is 368 g/mol. The van der Waals surface area contributed by atoms with Crippen molar-refractivity contribution in [3.8, 4) is 0 Å². The summed E-state index contributed by atoms with van der Waals surface area (Å²) < 4.78 is 1.76. The number of guanidine groups is 1. The summed E-state index contributed by atoms with van der Waals surface area (Å²) in [6, 6.07) is 11.3. The van der Waals surface area contributed by atoms with Crippen molar-refractivity contribution in [2.24, 2.45) is 4.99 Å². The highest BCUT2D eigenvalue weighted by atomic mass is 16.1. The van der Waals surface area contributed by atoms with Crippen molar-refractivity contribution in [3.05, 3.63) is 59.1 Å². The molecule has 0 atom stereocenters. The molecule has 1 aliphatic rings. The van der Waals surface area contributed by atoms with Gasteiger partial charge in [-0.2, -0.15) is 0 Å². The molecule has 0 radical (unpaired) electrons. The first-order valence-corrected chi connectivity index (χ1v) is 9.55. The Morgan fingerprint density at radius 3 is 2.63 bits per heavy atom. The zero-order chi connectivity index (χ0) is 18.9. The van der Waals surface area contributed by atoms with Crippen LogP contribution in [0.4, 0.5) is 5.82 Å². The average molecular weight is 368 g/mol. The lowest BCUT2D eigenvalue weighted by molar-refractivity contribution is 0.371. The number of nitrogens with one attached hydrogen (secondary N) is 1. The molecular weight excluding hydrogens is 340 g/mol. The Morgan fingerprint density at radius 2 is 1.93 bits per heavy atom. The van der Waals surface area contributed by atoms with Crippen molar-refractivity contribution in [1.82, 2.24) is 19.8 Å². The van der Waals surface area contributed by atoms with Gasteiger partial charge in [0.2, 0.25) is 5.56 Å². The van der Waals surface area contributed by atoms with Crippen molar-refractivity contribution >= 4 is 11.8 Å². The summed E-state index contributed by atoms with van der Waals surface area (Å²) in [6.07, 6.45) is 5.64. The molecule has 2 aromatic heterocycles. The summed E-state index contributed by atoms with van der Waals surface area (Å²) in [6.45, 7) is 5.34. The average Bonchev–Trinajstić information content (AvgIpc) is 2.73. The van der Waals surface area contributed by atoms with Crippen LogP contribution in [0.2, 0.25) is 0 Å². The minimum Gasteiger partial charge on any atom is -0.356 e. The quantitative estimate of drug-likeness (QED) is 0.475. The van der Waals surface area contributed by atoms with Crippen LogP contribution in [0.15, 0.2) is 58.6 Å². The molecule has 0 spiro atoms. The molecule has 1 aliphatic heterocycles. The standard InChI is InChI=1S/C20H28N6O/c1-21-20(23-11-5-7-13-25-12-6-3-9-19(25)27)26-16-14-24(15-17-26)18-8-2-4-10-22-18/h2-4,6,8-10,12H,5,7,11,13-17H2,1H3,(H,21,23). The van der Waals surface area contributed by atoms with E-state index in [1.165, 1.54) is 0 Å². The number of aliphatic imine (C=N–C) groups is 1. The largest absolute Gasteiger partial charge is 0.356 e. The van der Waals surface area contributed by atoms with Crippen LogP contribution in [0.25, 0.3) is 0 Å². The highest BCUT2D eigenvalue weighted by Gasteiger charge is 2.20. The molecule has 0 bridgehead atoms. The molecule has 1 fully saturated rings. The van der Waals surface area contributed by atoms with Crippen LogP contribution >= 0.6 is 0 Å². The normalized spacial score (nSPS) is 15.1. The Labute approximate surface area is 160 Å². The molecule has 0 amide bonds. The van der Waals surface area contributed by atoms with Gasteiger partial charge in [-0.15, -0.1) is 0 Å². The van der Waals surface area contributed by atoms with Gasteiger partial charge in [0.15, 0.2) is 5.96 Å². The Kier molecular flexibility index (Phi) is 6.84. The lowest BCUT2D eigenvalue weighted by Gasteiger charge is -2.37. The number of nitrogens with zero attached hydrogens (tertiary/aromatic N) is 5. The van der Waals surface area contributed by atoms with E-state index in [2.05, 4.69) is 31.2 Å². The van der Waals surface area contributed by atoms with Gasteiger partial charge in [-0.05, 0) is 31.0 Å². The van der Waals surface area contributed by atoms with Crippen molar-refractivity contribution < 1.29 is 0 Å². The molecule has 3 heterocycles. The van der Waals surface area contributed by atoms with Gasteiger partial charge in [0.1, 0.15) is 5.82 Å². The highest BCUT2D eigenvalue weighted by Crippen LogP contribution is 2.12. The molecule has 7 heteroatoms. The van der Waals surface area contributed by atoms with E-state index in [9.17, 15) is 4.79 Å². The number of unbranched alkanes of at least 4 members (excludes halogenated alkanes) is 1. The second-order valence-electron chi connectivity index (χ2n) is 6.58. The van der Waals surface area contributed by atoms with Gasteiger partial charge in [0.05, 0.1) is 0 Å². The van der Waals surface area contributed by atoms with Crippen LogP contribution < -0.4 is 15.8 Å². The van der Waals surface area contributed by atoms with Gasteiger partial charge in [-0.1, -0.05) is 12.1 Å². The van der Waals surface area contributed by atoms with Crippen LogP contribution in [-0.2, 0) is 6.54 Å². The van der Waals surface area contributed by atoms with E-state index in [-0.39, 0.29) is 5.56 Å². The Bertz CT molecular complexity index is 780. The van der Waals surface area contributed by atoms with Crippen molar-refractivity contribution in [2.75, 3.05) is 44.7 Å². The zero-order valence-corrected chi connectivity index (χ0v) is 15.9. The fourth-order valence-corrected chi connectivity index (χ4v) is 3.27. The summed E-state index contributed by atoms with van der Waals surface area (Å²) in [5.74, 6) is 1.99. The molecule has 0 aliphatic carbocycles. The third-order valence-electron chi connectivity index (χ3n) is 4.77. The first kappa shape index (κ1) is 18.9. The van der Waals surface area contributed by atoms with E-state index >= 15 is 0 Å². The maximum absolute atomic E-state index is 11.7. The molecule has 1 N–H and O–H groups in total. The van der Waals surface area contributed by atoms with E-state index in [0.29, 0.717) is 0 Å². The van der Waals surface area contributed by atoms with Gasteiger partial charge in [0, 0.05) is 64.8 Å². The lowest BCUT2D eigenvalue weighted by atomic mass is 10.3. The van der Waals surface area contributed by atoms with Crippen LogP contribution in [-0.4, -0.2) is 60.2 Å². The van der Waals surface area contributed by atoms with Crippen LogP contribution in [0.1, 0.15) is 12.8 Å². The maximum Gasteiger partial charge on any atom is 0.250 e. The molecule has 0 unspecified atom stereocenters. The Balaban J connectivity index is 1.38. The fourth-order valence-electron chi connectivity index (χ4n) is 3.27. The molecule has 0 saturated carbocycles. The predicted molar refractivity (Wildman–Crippen MR) is 109 cm³/mol. The van der Waals surface area contributed by atoms with Gasteiger partial charge in [-0.25, -0.2) is 4.98 Å². The van der Waals surface area contributed by atoms with Crippen molar-refractivity contribution in [1.29, 1.82) is 0 Å². The number of rotatable bonds is 6. The van der Waals surface area contributed by atoms with Crippen molar-refractivity contribution in [2.45, 2.75) is 19.4 Å². The molecule has 1 saturated heterocycles. The predicted octanol–water partition coefficient (Wildman–Crippen LogP) is 1.42. The lowest BCUT2D eigenvalue weighted by Crippen LogP contribution is -2.52. The molecule has 3 rings (SSSR count). The second kappa shape index (κ2) is 9.75. The van der Waals surface area contributed by atoms with Crippen LogP contribution in [0, 0.1) is 0 Å². The summed E-state index contributed by atoms with van der Waals surface area (Å²) in [5, 5.41) is 3.45.